The second-order valence-electron chi connectivity index (χ2n) is 8.58. The average molecular weight is 460 g/mol. The molecule has 0 aliphatic carbocycles. The maximum absolute atomic E-state index is 13.3. The topological polar surface area (TPSA) is 85.0 Å². The molecule has 0 aromatic heterocycles. The molecule has 1 aliphatic rings. The maximum atomic E-state index is 13.3. The zero-order chi connectivity index (χ0) is 24.1. The molecule has 34 heavy (non-hydrogen) atoms. The molecule has 1 amide bonds. The first kappa shape index (κ1) is 23.6. The van der Waals surface area contributed by atoms with Gasteiger partial charge in [0.2, 0.25) is 0 Å². The molecule has 0 radical (unpaired) electrons. The number of carbonyl (C=O) groups excluding carboxylic acids is 3. The lowest BCUT2D eigenvalue weighted by Crippen LogP contribution is -2.45. The number of Topliss-reactive ketones (excluding diaryl/α,β-unsaturated/α-hetero) is 1. The summed E-state index contributed by atoms with van der Waals surface area (Å²) in [6.07, 6.45) is -0.572. The zero-order valence-corrected chi connectivity index (χ0v) is 19.5. The van der Waals surface area contributed by atoms with Crippen LogP contribution in [0.1, 0.15) is 30.0 Å². The van der Waals surface area contributed by atoms with Crippen molar-refractivity contribution in [3.63, 3.8) is 0 Å². The van der Waals surface area contributed by atoms with Crippen LogP contribution in [0.15, 0.2) is 66.7 Å². The number of fused-ring (bicyclic) bond motifs is 1. The van der Waals surface area contributed by atoms with Gasteiger partial charge in [0.25, 0.3) is 5.91 Å². The third kappa shape index (κ3) is 5.69. The van der Waals surface area contributed by atoms with Crippen LogP contribution in [-0.4, -0.2) is 42.5 Å². The molecule has 3 aromatic rings. The van der Waals surface area contributed by atoms with E-state index in [2.05, 4.69) is 23.5 Å². The van der Waals surface area contributed by atoms with E-state index < -0.39 is 30.1 Å². The maximum Gasteiger partial charge on any atom is 0.338 e. The van der Waals surface area contributed by atoms with Crippen LogP contribution in [0.5, 0.6) is 0 Å². The second-order valence-corrected chi connectivity index (χ2v) is 8.58. The first-order valence-electron chi connectivity index (χ1n) is 11.6. The van der Waals surface area contributed by atoms with Crippen molar-refractivity contribution >= 4 is 28.4 Å². The molecule has 0 bridgehead atoms. The molecular formula is C28H29NO5. The minimum absolute atomic E-state index is 0.0600. The molecule has 0 unspecified atom stereocenters. The van der Waals surface area contributed by atoms with Gasteiger partial charge in [0.15, 0.2) is 18.0 Å². The molecule has 1 saturated heterocycles. The average Bonchev–Trinajstić information content (AvgIpc) is 3.65. The van der Waals surface area contributed by atoms with E-state index in [1.807, 2.05) is 55.5 Å². The summed E-state index contributed by atoms with van der Waals surface area (Å²) in [4.78, 5) is 37.8. The summed E-state index contributed by atoms with van der Waals surface area (Å²) in [6, 6.07) is 21.3. The highest BCUT2D eigenvalue weighted by Gasteiger charge is 2.52. The summed E-state index contributed by atoms with van der Waals surface area (Å²) in [7, 11) is 0. The van der Waals surface area contributed by atoms with Gasteiger partial charge >= 0.3 is 5.97 Å². The summed E-state index contributed by atoms with van der Waals surface area (Å²) < 4.78 is 10.1. The Morgan fingerprint density at radius 1 is 0.971 bits per heavy atom. The van der Waals surface area contributed by atoms with Gasteiger partial charge in [0.05, 0.1) is 12.6 Å². The lowest BCUT2D eigenvalue weighted by Gasteiger charge is -2.18. The van der Waals surface area contributed by atoms with Gasteiger partial charge < -0.3 is 14.8 Å². The minimum atomic E-state index is -0.912. The molecule has 1 aliphatic heterocycles. The molecule has 6 heteroatoms. The van der Waals surface area contributed by atoms with Crippen molar-refractivity contribution in [3.8, 4) is 0 Å². The van der Waals surface area contributed by atoms with E-state index in [1.165, 1.54) is 0 Å². The van der Waals surface area contributed by atoms with Crippen LogP contribution in [0.25, 0.3) is 10.8 Å². The number of esters is 1. The summed E-state index contributed by atoms with van der Waals surface area (Å²) in [5, 5.41) is 5.08. The van der Waals surface area contributed by atoms with Crippen LogP contribution in [0.2, 0.25) is 0 Å². The van der Waals surface area contributed by atoms with Gasteiger partial charge in [-0.1, -0.05) is 72.3 Å². The Kier molecular flexibility index (Phi) is 7.38. The van der Waals surface area contributed by atoms with Gasteiger partial charge in [0, 0.05) is 6.42 Å². The standard InChI is InChI=1S/C28H29NO5/c1-3-33-28(32)26-25(34-26)27(31)29-23(17-19-13-11-18(2)12-14-19)24(30)16-15-21-9-6-8-20-7-4-5-10-22(20)21/h4-14,23,25-26H,3,15-17H2,1-2H3,(H,29,31)/t23-,25-,26-/m0/s1. The van der Waals surface area contributed by atoms with Crippen LogP contribution in [0, 0.1) is 6.92 Å². The number of carbonyl (C=O) groups is 3. The number of aryl methyl sites for hydroxylation is 2. The summed E-state index contributed by atoms with van der Waals surface area (Å²) in [5.41, 5.74) is 3.17. The highest BCUT2D eigenvalue weighted by molar-refractivity contribution is 5.96. The Hall–Kier alpha value is -3.51. The number of epoxide rings is 1. The summed E-state index contributed by atoms with van der Waals surface area (Å²) in [5.74, 6) is -1.08. The molecule has 3 aromatic carbocycles. The molecule has 0 spiro atoms. The van der Waals surface area contributed by atoms with Crippen molar-refractivity contribution in [3.05, 3.63) is 83.4 Å². The number of nitrogens with one attached hydrogen (secondary N) is 1. The molecule has 3 atom stereocenters. The predicted octanol–water partition coefficient (Wildman–Crippen LogP) is 3.71. The number of amides is 1. The molecular weight excluding hydrogens is 430 g/mol. The highest BCUT2D eigenvalue weighted by atomic mass is 16.6. The van der Waals surface area contributed by atoms with Gasteiger partial charge in [-0.25, -0.2) is 4.79 Å². The third-order valence-electron chi connectivity index (χ3n) is 6.06. The third-order valence-corrected chi connectivity index (χ3v) is 6.06. The first-order chi connectivity index (χ1) is 16.5. The van der Waals surface area contributed by atoms with Gasteiger partial charge in [-0.15, -0.1) is 0 Å². The largest absolute Gasteiger partial charge is 0.464 e. The van der Waals surface area contributed by atoms with Gasteiger partial charge in [-0.2, -0.15) is 0 Å². The van der Waals surface area contributed by atoms with Gasteiger partial charge in [0.1, 0.15) is 0 Å². The number of hydrogen-bond acceptors (Lipinski definition) is 5. The van der Waals surface area contributed by atoms with E-state index in [0.717, 1.165) is 27.5 Å². The highest BCUT2D eigenvalue weighted by Crippen LogP contribution is 2.24. The molecule has 1 N–H and O–H groups in total. The molecule has 176 valence electrons. The van der Waals surface area contributed by atoms with E-state index in [9.17, 15) is 14.4 Å². The normalized spacial score (nSPS) is 17.7. The Bertz CT molecular complexity index is 1180. The molecule has 4 rings (SSSR count). The monoisotopic (exact) mass is 459 g/mol. The van der Waals surface area contributed by atoms with Gasteiger partial charge in [-0.3, -0.25) is 9.59 Å². The predicted molar refractivity (Wildman–Crippen MR) is 129 cm³/mol. The fourth-order valence-electron chi connectivity index (χ4n) is 4.12. The van der Waals surface area contributed by atoms with Gasteiger partial charge in [-0.05, 0) is 48.6 Å². The van der Waals surface area contributed by atoms with Crippen molar-refractivity contribution in [2.75, 3.05) is 6.61 Å². The van der Waals surface area contributed by atoms with E-state index in [0.29, 0.717) is 12.8 Å². The lowest BCUT2D eigenvalue weighted by atomic mass is 9.95. The van der Waals surface area contributed by atoms with E-state index in [1.54, 1.807) is 6.92 Å². The van der Waals surface area contributed by atoms with E-state index in [-0.39, 0.29) is 18.8 Å². The molecule has 1 heterocycles. The number of rotatable bonds is 10. The minimum Gasteiger partial charge on any atom is -0.464 e. The van der Waals surface area contributed by atoms with Crippen molar-refractivity contribution in [2.45, 2.75) is 51.4 Å². The fourth-order valence-corrected chi connectivity index (χ4v) is 4.12. The molecule has 0 saturated carbocycles. The summed E-state index contributed by atoms with van der Waals surface area (Å²) in [6.45, 7) is 3.91. The van der Waals surface area contributed by atoms with Crippen molar-refractivity contribution in [1.82, 2.24) is 5.32 Å². The molecule has 1 fully saturated rings. The number of ether oxygens (including phenoxy) is 2. The van der Waals surface area contributed by atoms with Crippen LogP contribution >= 0.6 is 0 Å². The Labute approximate surface area is 199 Å². The Morgan fingerprint density at radius 2 is 1.71 bits per heavy atom. The fraction of sp³-hybridized carbons (Fsp3) is 0.321. The van der Waals surface area contributed by atoms with Crippen LogP contribution in [-0.2, 0) is 36.7 Å². The smallest absolute Gasteiger partial charge is 0.338 e. The Balaban J connectivity index is 1.45. The van der Waals surface area contributed by atoms with Crippen molar-refractivity contribution < 1.29 is 23.9 Å². The van der Waals surface area contributed by atoms with Crippen LogP contribution in [0.4, 0.5) is 0 Å². The van der Waals surface area contributed by atoms with Crippen LogP contribution in [0.3, 0.4) is 0 Å². The first-order valence-corrected chi connectivity index (χ1v) is 11.6. The summed E-state index contributed by atoms with van der Waals surface area (Å²) >= 11 is 0. The lowest BCUT2D eigenvalue weighted by molar-refractivity contribution is -0.144. The van der Waals surface area contributed by atoms with Crippen molar-refractivity contribution in [2.24, 2.45) is 0 Å². The Morgan fingerprint density at radius 3 is 2.47 bits per heavy atom. The second kappa shape index (κ2) is 10.6. The van der Waals surface area contributed by atoms with E-state index in [4.69, 9.17) is 9.47 Å². The quantitative estimate of drug-likeness (QED) is 0.369. The SMILES string of the molecule is CCOC(=O)[C@H]1O[C@@H]1C(=O)N[C@@H](Cc1ccc(C)cc1)C(=O)CCc1cccc2ccccc12. The number of hydrogen-bond donors (Lipinski definition) is 1. The van der Waals surface area contributed by atoms with Crippen LogP contribution < -0.4 is 5.32 Å². The van der Waals surface area contributed by atoms with E-state index >= 15 is 0 Å². The number of ketones is 1. The number of benzene rings is 3. The zero-order valence-electron chi connectivity index (χ0n) is 19.5. The molecule has 6 nitrogen and oxygen atoms in total. The van der Waals surface area contributed by atoms with Crippen molar-refractivity contribution in [1.29, 1.82) is 0 Å².